The molecular formula is C20H24FN5O4. The van der Waals surface area contributed by atoms with Crippen molar-refractivity contribution in [2.75, 3.05) is 26.2 Å². The van der Waals surface area contributed by atoms with E-state index in [-0.39, 0.29) is 18.4 Å². The third-order valence-corrected chi connectivity index (χ3v) is 6.22. The number of hydrogen-bond acceptors (Lipinski definition) is 6. The zero-order valence-electron chi connectivity index (χ0n) is 16.4. The number of carbonyl (C=O) groups is 2. The van der Waals surface area contributed by atoms with Gasteiger partial charge >= 0.3 is 5.76 Å². The summed E-state index contributed by atoms with van der Waals surface area (Å²) in [5.41, 5.74) is 1.05. The van der Waals surface area contributed by atoms with Gasteiger partial charge < -0.3 is 14.6 Å². The van der Waals surface area contributed by atoms with Crippen molar-refractivity contribution in [2.24, 2.45) is 5.92 Å². The van der Waals surface area contributed by atoms with E-state index in [9.17, 15) is 18.8 Å². The van der Waals surface area contributed by atoms with E-state index < -0.39 is 30.2 Å². The van der Waals surface area contributed by atoms with Gasteiger partial charge in [-0.05, 0) is 30.9 Å². The highest BCUT2D eigenvalue weighted by Crippen LogP contribution is 2.36. The Labute approximate surface area is 171 Å². The average molecular weight is 417 g/mol. The summed E-state index contributed by atoms with van der Waals surface area (Å²) in [7, 11) is 0. The normalized spacial score (nSPS) is 28.0. The molecule has 3 unspecified atom stereocenters. The number of fused-ring (bicyclic) bond motifs is 1. The highest BCUT2D eigenvalue weighted by molar-refractivity contribution is 5.82. The maximum atomic E-state index is 14.2. The first-order chi connectivity index (χ1) is 14.5. The van der Waals surface area contributed by atoms with E-state index in [4.69, 9.17) is 4.42 Å². The third kappa shape index (κ3) is 3.50. The van der Waals surface area contributed by atoms with Gasteiger partial charge in [-0.1, -0.05) is 12.1 Å². The lowest BCUT2D eigenvalue weighted by molar-refractivity contribution is -0.138. The monoisotopic (exact) mass is 417 g/mol. The number of para-hydroxylation sites is 2. The number of nitrogens with zero attached hydrogens (tertiary/aromatic N) is 3. The fourth-order valence-electron chi connectivity index (χ4n) is 4.34. The molecule has 30 heavy (non-hydrogen) atoms. The van der Waals surface area contributed by atoms with E-state index in [0.717, 1.165) is 12.8 Å². The first-order valence-electron chi connectivity index (χ1n) is 10.3. The molecule has 2 N–H and O–H groups in total. The van der Waals surface area contributed by atoms with Crippen LogP contribution >= 0.6 is 0 Å². The zero-order valence-corrected chi connectivity index (χ0v) is 16.4. The minimum atomic E-state index is -1.51. The van der Waals surface area contributed by atoms with E-state index in [1.165, 1.54) is 4.57 Å². The average Bonchev–Trinajstić information content (AvgIpc) is 3.55. The van der Waals surface area contributed by atoms with Crippen molar-refractivity contribution >= 4 is 22.9 Å². The predicted molar refractivity (Wildman–Crippen MR) is 105 cm³/mol. The second kappa shape index (κ2) is 7.51. The lowest BCUT2D eigenvalue weighted by Crippen LogP contribution is -2.70. The molecule has 9 nitrogen and oxygen atoms in total. The maximum Gasteiger partial charge on any atom is 0.420 e. The van der Waals surface area contributed by atoms with E-state index in [1.54, 1.807) is 29.2 Å². The lowest BCUT2D eigenvalue weighted by Gasteiger charge is -2.43. The number of piperazine rings is 1. The molecule has 3 aliphatic rings. The number of carbonyl (C=O) groups excluding carboxylic acids is 2. The molecule has 1 aromatic carbocycles. The van der Waals surface area contributed by atoms with Crippen LogP contribution in [0, 0.1) is 5.92 Å². The Morgan fingerprint density at radius 3 is 2.60 bits per heavy atom. The van der Waals surface area contributed by atoms with Gasteiger partial charge in [-0.25, -0.2) is 9.18 Å². The molecule has 3 heterocycles. The highest BCUT2D eigenvalue weighted by atomic mass is 19.1. The summed E-state index contributed by atoms with van der Waals surface area (Å²) >= 11 is 0. The summed E-state index contributed by atoms with van der Waals surface area (Å²) < 4.78 is 20.7. The van der Waals surface area contributed by atoms with Crippen molar-refractivity contribution in [3.8, 4) is 0 Å². The van der Waals surface area contributed by atoms with E-state index in [2.05, 4.69) is 10.6 Å². The molecule has 3 atom stereocenters. The molecule has 1 saturated carbocycles. The van der Waals surface area contributed by atoms with Crippen molar-refractivity contribution in [3.63, 3.8) is 0 Å². The van der Waals surface area contributed by atoms with Gasteiger partial charge in [-0.15, -0.1) is 0 Å². The minimum Gasteiger partial charge on any atom is -0.408 e. The molecule has 2 aliphatic heterocycles. The van der Waals surface area contributed by atoms with Crippen molar-refractivity contribution in [1.82, 2.24) is 25.0 Å². The Hall–Kier alpha value is -2.72. The number of nitrogens with one attached hydrogen (secondary N) is 2. The number of amides is 2. The third-order valence-electron chi connectivity index (χ3n) is 6.22. The van der Waals surface area contributed by atoms with Crippen molar-refractivity contribution < 1.29 is 18.4 Å². The standard InChI is InChI=1S/C20H24FN5O4/c21-16-17(12-5-6-12)22-19(23-18(16)28)25-9-7-24(8-10-25)15(27)11-26-13-3-1-2-4-14(13)30-20(26)29/h1-4,12,16-17,19,22H,5-11H2,(H,23,28). The molecule has 0 bridgehead atoms. The maximum absolute atomic E-state index is 14.2. The van der Waals surface area contributed by atoms with Crippen LogP contribution in [0.5, 0.6) is 0 Å². The smallest absolute Gasteiger partial charge is 0.408 e. The molecule has 3 fully saturated rings. The van der Waals surface area contributed by atoms with Gasteiger partial charge in [0.2, 0.25) is 5.91 Å². The Bertz CT molecular complexity index is 1020. The molecule has 0 radical (unpaired) electrons. The van der Waals surface area contributed by atoms with E-state index >= 15 is 0 Å². The van der Waals surface area contributed by atoms with Gasteiger partial charge in [0, 0.05) is 26.2 Å². The molecule has 0 spiro atoms. The number of aromatic nitrogens is 1. The molecule has 10 heteroatoms. The van der Waals surface area contributed by atoms with Crippen LogP contribution < -0.4 is 16.4 Å². The lowest BCUT2D eigenvalue weighted by atomic mass is 10.0. The summed E-state index contributed by atoms with van der Waals surface area (Å²) in [5.74, 6) is -1.06. The largest absolute Gasteiger partial charge is 0.420 e. The quantitative estimate of drug-likeness (QED) is 0.718. The van der Waals surface area contributed by atoms with Crippen LogP contribution in [0.25, 0.3) is 11.1 Å². The van der Waals surface area contributed by atoms with Crippen LogP contribution in [-0.4, -0.2) is 70.9 Å². The Balaban J connectivity index is 1.20. The van der Waals surface area contributed by atoms with E-state index in [1.807, 2.05) is 4.90 Å². The van der Waals surface area contributed by atoms with Crippen LogP contribution in [0.4, 0.5) is 4.39 Å². The molecule has 1 aromatic heterocycles. The molecular weight excluding hydrogens is 393 g/mol. The Morgan fingerprint density at radius 2 is 1.87 bits per heavy atom. The Morgan fingerprint density at radius 1 is 1.13 bits per heavy atom. The van der Waals surface area contributed by atoms with Crippen LogP contribution in [0.3, 0.4) is 0 Å². The number of oxazole rings is 1. The van der Waals surface area contributed by atoms with Crippen LogP contribution in [0.15, 0.2) is 33.5 Å². The predicted octanol–water partition coefficient (Wildman–Crippen LogP) is -0.142. The van der Waals surface area contributed by atoms with Gasteiger partial charge in [-0.2, -0.15) is 0 Å². The molecule has 2 saturated heterocycles. The summed E-state index contributed by atoms with van der Waals surface area (Å²) in [5, 5.41) is 5.93. The summed E-state index contributed by atoms with van der Waals surface area (Å²) in [6, 6.07) is 6.56. The first kappa shape index (κ1) is 19.3. The fraction of sp³-hybridized carbons (Fsp3) is 0.550. The number of rotatable bonds is 4. The Kier molecular flexibility index (Phi) is 4.82. The van der Waals surface area contributed by atoms with Gasteiger partial charge in [0.1, 0.15) is 12.8 Å². The SMILES string of the molecule is O=C1NC(N2CCN(C(=O)Cn3c(=O)oc4ccccc43)CC2)NC(C2CC2)C1F. The second-order valence-corrected chi connectivity index (χ2v) is 8.18. The number of halogens is 1. The van der Waals surface area contributed by atoms with Gasteiger partial charge in [0.05, 0.1) is 11.6 Å². The molecule has 2 aromatic rings. The van der Waals surface area contributed by atoms with E-state index in [0.29, 0.717) is 37.3 Å². The van der Waals surface area contributed by atoms with Gasteiger partial charge in [0.15, 0.2) is 11.8 Å². The van der Waals surface area contributed by atoms with Crippen LogP contribution in [-0.2, 0) is 16.1 Å². The summed E-state index contributed by atoms with van der Waals surface area (Å²) in [6.07, 6.45) is -0.0438. The summed E-state index contributed by atoms with van der Waals surface area (Å²) in [6.45, 7) is 1.93. The molecule has 1 aliphatic carbocycles. The van der Waals surface area contributed by atoms with Crippen LogP contribution in [0.2, 0.25) is 0 Å². The highest BCUT2D eigenvalue weighted by Gasteiger charge is 2.46. The van der Waals surface area contributed by atoms with Crippen molar-refractivity contribution in [2.45, 2.75) is 37.9 Å². The number of hydrogen-bond donors (Lipinski definition) is 2. The van der Waals surface area contributed by atoms with Gasteiger partial charge in [-0.3, -0.25) is 24.4 Å². The number of benzene rings is 1. The number of alkyl halides is 1. The summed E-state index contributed by atoms with van der Waals surface area (Å²) in [4.78, 5) is 40.6. The first-order valence-corrected chi connectivity index (χ1v) is 10.3. The zero-order chi connectivity index (χ0) is 20.8. The molecule has 2 amide bonds. The fourth-order valence-corrected chi connectivity index (χ4v) is 4.34. The van der Waals surface area contributed by atoms with Crippen molar-refractivity contribution in [1.29, 1.82) is 0 Å². The molecule has 160 valence electrons. The van der Waals surface area contributed by atoms with Crippen molar-refractivity contribution in [3.05, 3.63) is 34.8 Å². The second-order valence-electron chi connectivity index (χ2n) is 8.18. The van der Waals surface area contributed by atoms with Gasteiger partial charge in [0.25, 0.3) is 5.91 Å². The topological polar surface area (TPSA) is 99.8 Å². The minimum absolute atomic E-state index is 0.0818. The molecule has 5 rings (SSSR count). The van der Waals surface area contributed by atoms with Crippen LogP contribution in [0.1, 0.15) is 12.8 Å².